The van der Waals surface area contributed by atoms with Crippen LogP contribution in [-0.4, -0.2) is 0 Å². The average Bonchev–Trinajstić information content (AvgIpc) is 3.36. The Balaban J connectivity index is 1.54. The zero-order chi connectivity index (χ0) is 20.4. The first-order chi connectivity index (χ1) is 15.3. The summed E-state index contributed by atoms with van der Waals surface area (Å²) in [5.74, 6) is 0. The molecular formula is C31H20. The summed E-state index contributed by atoms with van der Waals surface area (Å²) in [6.07, 6.45) is 16.4. The summed E-state index contributed by atoms with van der Waals surface area (Å²) in [7, 11) is 0. The van der Waals surface area contributed by atoms with E-state index in [4.69, 9.17) is 0 Å². The van der Waals surface area contributed by atoms with Gasteiger partial charge in [0.1, 0.15) is 0 Å². The van der Waals surface area contributed by atoms with Crippen molar-refractivity contribution in [3.8, 4) is 0 Å². The second-order valence-electron chi connectivity index (χ2n) is 8.61. The molecule has 0 radical (unpaired) electrons. The van der Waals surface area contributed by atoms with E-state index in [2.05, 4.69) is 121 Å². The normalized spacial score (nSPS) is 21.9. The highest BCUT2D eigenvalue weighted by atomic mass is 14.4. The lowest BCUT2D eigenvalue weighted by molar-refractivity contribution is 0.775. The molecule has 1 spiro atoms. The Morgan fingerprint density at radius 3 is 2.35 bits per heavy atom. The van der Waals surface area contributed by atoms with Crippen molar-refractivity contribution in [3.63, 3.8) is 0 Å². The van der Waals surface area contributed by atoms with Crippen LogP contribution in [0.25, 0.3) is 22.8 Å². The van der Waals surface area contributed by atoms with Crippen molar-refractivity contribution in [2.45, 2.75) is 0 Å². The van der Waals surface area contributed by atoms with Gasteiger partial charge in [-0.2, -0.15) is 0 Å². The monoisotopic (exact) mass is 392 g/mol. The smallest absolute Gasteiger partial charge is 0.0521 e. The summed E-state index contributed by atoms with van der Waals surface area (Å²) >= 11 is 0. The van der Waals surface area contributed by atoms with Crippen LogP contribution in [0.1, 0.15) is 16.7 Å². The first-order valence-electron chi connectivity index (χ1n) is 10.9. The first kappa shape index (κ1) is 16.8. The zero-order valence-electron chi connectivity index (χ0n) is 17.0. The Labute approximate surface area is 181 Å². The molecule has 0 bridgehead atoms. The van der Waals surface area contributed by atoms with Crippen molar-refractivity contribution in [3.05, 3.63) is 154 Å². The van der Waals surface area contributed by atoms with Gasteiger partial charge in [-0.1, -0.05) is 115 Å². The molecule has 0 heteroatoms. The van der Waals surface area contributed by atoms with Crippen molar-refractivity contribution >= 4 is 22.8 Å². The molecule has 7 rings (SSSR count). The average molecular weight is 393 g/mol. The van der Waals surface area contributed by atoms with E-state index >= 15 is 0 Å². The Kier molecular flexibility index (Phi) is 3.29. The molecule has 0 N–H and O–H groups in total. The van der Waals surface area contributed by atoms with Crippen LogP contribution in [0.4, 0.5) is 0 Å². The molecule has 0 fully saturated rings. The van der Waals surface area contributed by atoms with Crippen LogP contribution < -0.4 is 10.4 Å². The largest absolute Gasteiger partial charge is 0.0663 e. The Morgan fingerprint density at radius 2 is 1.45 bits per heavy atom. The summed E-state index contributed by atoms with van der Waals surface area (Å²) < 4.78 is 0. The lowest BCUT2D eigenvalue weighted by atomic mass is 9.69. The van der Waals surface area contributed by atoms with Gasteiger partial charge in [-0.05, 0) is 61.1 Å². The standard InChI is InChI=1S/C31H20/c1-2-9-21(10-3-1)29-27-14-7-6-13-26(27)28-15-8-17-31(30(28)29)18-16-25-23(20-31)19-22-11-4-5-12-24(22)25/h1-20H/t31-/m0/s1. The molecular weight excluding hydrogens is 372 g/mol. The Hall–Kier alpha value is -3.90. The van der Waals surface area contributed by atoms with Crippen molar-refractivity contribution in [2.24, 2.45) is 5.41 Å². The molecule has 0 saturated carbocycles. The summed E-state index contributed by atoms with van der Waals surface area (Å²) in [5, 5.41) is 2.65. The van der Waals surface area contributed by atoms with E-state index in [9.17, 15) is 0 Å². The quantitative estimate of drug-likeness (QED) is 0.507. The second-order valence-corrected chi connectivity index (χ2v) is 8.61. The van der Waals surface area contributed by atoms with Crippen LogP contribution in [-0.2, 0) is 0 Å². The highest BCUT2D eigenvalue weighted by molar-refractivity contribution is 6.08. The van der Waals surface area contributed by atoms with Crippen LogP contribution in [0.5, 0.6) is 0 Å². The maximum atomic E-state index is 2.47. The fourth-order valence-corrected chi connectivity index (χ4v) is 5.61. The fourth-order valence-electron chi connectivity index (χ4n) is 5.61. The van der Waals surface area contributed by atoms with Gasteiger partial charge < -0.3 is 0 Å². The third-order valence-electron chi connectivity index (χ3n) is 6.93. The number of hydrogen-bond acceptors (Lipinski definition) is 0. The van der Waals surface area contributed by atoms with E-state index in [1.54, 1.807) is 0 Å². The van der Waals surface area contributed by atoms with Gasteiger partial charge in [0.2, 0.25) is 0 Å². The molecule has 0 nitrogen and oxygen atoms in total. The minimum Gasteiger partial charge on any atom is -0.0663 e. The summed E-state index contributed by atoms with van der Waals surface area (Å²) in [4.78, 5) is 0. The maximum Gasteiger partial charge on any atom is 0.0521 e. The van der Waals surface area contributed by atoms with E-state index in [1.165, 1.54) is 55.0 Å². The van der Waals surface area contributed by atoms with E-state index in [1.807, 2.05) is 0 Å². The zero-order valence-corrected chi connectivity index (χ0v) is 17.0. The lowest BCUT2D eigenvalue weighted by Gasteiger charge is -2.34. The van der Waals surface area contributed by atoms with Gasteiger partial charge in [-0.3, -0.25) is 0 Å². The molecule has 0 heterocycles. The molecule has 0 amide bonds. The predicted molar refractivity (Wildman–Crippen MR) is 129 cm³/mol. The van der Waals surface area contributed by atoms with Crippen LogP contribution in [0.3, 0.4) is 0 Å². The number of fused-ring (bicyclic) bond motifs is 6. The minimum atomic E-state index is -0.244. The maximum absolute atomic E-state index is 2.47. The van der Waals surface area contributed by atoms with Gasteiger partial charge in [0.05, 0.1) is 5.41 Å². The molecule has 0 unspecified atom stereocenters. The summed E-state index contributed by atoms with van der Waals surface area (Å²) in [6.45, 7) is 0. The third-order valence-corrected chi connectivity index (χ3v) is 6.93. The number of rotatable bonds is 1. The molecule has 144 valence electrons. The van der Waals surface area contributed by atoms with Crippen molar-refractivity contribution < 1.29 is 0 Å². The van der Waals surface area contributed by atoms with Gasteiger partial charge in [0, 0.05) is 0 Å². The summed E-state index contributed by atoms with van der Waals surface area (Å²) in [5.41, 5.74) is 10.5. The molecule has 4 aliphatic rings. The molecule has 31 heavy (non-hydrogen) atoms. The van der Waals surface area contributed by atoms with Crippen LogP contribution in [0.15, 0.2) is 126 Å². The van der Waals surface area contributed by atoms with Gasteiger partial charge in [0.25, 0.3) is 0 Å². The predicted octanol–water partition coefficient (Wildman–Crippen LogP) is 5.58. The SMILES string of the molecule is C1=C[C@@]2(C=CC3=c4ccccc4=CC3=C2)C2=C(c3ccccc3)c3ccccc3C2=C1. The number of hydrogen-bond donors (Lipinski definition) is 0. The Morgan fingerprint density at radius 1 is 0.677 bits per heavy atom. The van der Waals surface area contributed by atoms with Crippen molar-refractivity contribution in [1.82, 2.24) is 0 Å². The number of benzene rings is 3. The topological polar surface area (TPSA) is 0 Å². The van der Waals surface area contributed by atoms with E-state index in [-0.39, 0.29) is 5.41 Å². The molecule has 0 saturated heterocycles. The highest BCUT2D eigenvalue weighted by Crippen LogP contribution is 2.56. The van der Waals surface area contributed by atoms with Crippen LogP contribution in [0.2, 0.25) is 0 Å². The number of allylic oxidation sites excluding steroid dienone is 9. The van der Waals surface area contributed by atoms with Gasteiger partial charge in [-0.25, -0.2) is 0 Å². The fraction of sp³-hybridized carbons (Fsp3) is 0.0323. The Bertz CT molecular complexity index is 1550. The molecule has 1 atom stereocenters. The molecule has 0 aliphatic heterocycles. The van der Waals surface area contributed by atoms with Crippen molar-refractivity contribution in [1.29, 1.82) is 0 Å². The van der Waals surface area contributed by atoms with Gasteiger partial charge in [0.15, 0.2) is 0 Å². The van der Waals surface area contributed by atoms with E-state index in [0.717, 1.165) is 0 Å². The molecule has 4 aliphatic carbocycles. The molecule has 0 aromatic heterocycles. The first-order valence-corrected chi connectivity index (χ1v) is 10.9. The minimum absolute atomic E-state index is 0.244. The second kappa shape index (κ2) is 6.06. The highest BCUT2D eigenvalue weighted by Gasteiger charge is 2.41. The van der Waals surface area contributed by atoms with Crippen molar-refractivity contribution in [2.75, 3.05) is 0 Å². The lowest BCUT2D eigenvalue weighted by Crippen LogP contribution is -2.23. The van der Waals surface area contributed by atoms with Crippen LogP contribution in [0, 0.1) is 5.41 Å². The van der Waals surface area contributed by atoms with E-state index < -0.39 is 0 Å². The molecule has 3 aromatic rings. The van der Waals surface area contributed by atoms with E-state index in [0.29, 0.717) is 0 Å². The third kappa shape index (κ3) is 2.25. The van der Waals surface area contributed by atoms with Gasteiger partial charge >= 0.3 is 0 Å². The van der Waals surface area contributed by atoms with Gasteiger partial charge in [-0.15, -0.1) is 0 Å². The van der Waals surface area contributed by atoms with Crippen LogP contribution >= 0.6 is 0 Å². The summed E-state index contributed by atoms with van der Waals surface area (Å²) in [6, 6.07) is 28.4. The molecule has 3 aromatic carbocycles.